The highest BCUT2D eigenvalue weighted by atomic mass is 16.6. The first-order chi connectivity index (χ1) is 16.6. The van der Waals surface area contributed by atoms with Crippen LogP contribution in [0.25, 0.3) is 0 Å². The van der Waals surface area contributed by atoms with Crippen molar-refractivity contribution in [2.75, 3.05) is 13.2 Å². The molecule has 0 amide bonds. The number of hydrogen-bond acceptors (Lipinski definition) is 9. The van der Waals surface area contributed by atoms with Crippen LogP contribution in [0, 0.1) is 17.8 Å². The molecule has 3 saturated heterocycles. The van der Waals surface area contributed by atoms with E-state index in [2.05, 4.69) is 5.32 Å². The Morgan fingerprint density at radius 3 is 2.74 bits per heavy atom. The van der Waals surface area contributed by atoms with Crippen LogP contribution in [-0.4, -0.2) is 77.4 Å². The fourth-order valence-corrected chi connectivity index (χ4v) is 6.31. The van der Waals surface area contributed by atoms with Crippen LogP contribution in [0.2, 0.25) is 0 Å². The van der Waals surface area contributed by atoms with Gasteiger partial charge in [0.1, 0.15) is 17.5 Å². The number of nitrogens with two attached hydrogens (primary N) is 1. The molecule has 0 aromatic heterocycles. The minimum atomic E-state index is -0.941. The van der Waals surface area contributed by atoms with Crippen LogP contribution in [0.5, 0.6) is 0 Å². The van der Waals surface area contributed by atoms with E-state index in [1.165, 1.54) is 0 Å². The first-order valence-corrected chi connectivity index (χ1v) is 13.1. The van der Waals surface area contributed by atoms with Gasteiger partial charge in [-0.1, -0.05) is 6.08 Å². The Bertz CT molecular complexity index is 812. The van der Waals surface area contributed by atoms with Crippen molar-refractivity contribution in [1.29, 1.82) is 0 Å². The normalized spacial score (nSPS) is 44.3. The van der Waals surface area contributed by atoms with Crippen LogP contribution in [0.3, 0.4) is 0 Å². The van der Waals surface area contributed by atoms with Crippen LogP contribution in [0.15, 0.2) is 11.6 Å². The number of allylic oxidation sites excluding steroid dienone is 1. The van der Waals surface area contributed by atoms with Crippen LogP contribution >= 0.6 is 0 Å². The molecule has 9 nitrogen and oxygen atoms in total. The number of ether oxygens (including phenoxy) is 3. The van der Waals surface area contributed by atoms with E-state index in [-0.39, 0.29) is 43.0 Å². The summed E-state index contributed by atoms with van der Waals surface area (Å²) in [5.41, 5.74) is 5.77. The average Bonchev–Trinajstić information content (AvgIpc) is 2.83. The molecule has 10 atom stereocenters. The summed E-state index contributed by atoms with van der Waals surface area (Å²) < 4.78 is 18.6. The zero-order valence-electron chi connectivity index (χ0n) is 21.2. The van der Waals surface area contributed by atoms with Crippen molar-refractivity contribution in [3.8, 4) is 0 Å². The fraction of sp³-hybridized carbons (Fsp3) is 0.846. The molecule has 0 radical (unpaired) electrons. The molecular formula is C26H42N2O7. The van der Waals surface area contributed by atoms with E-state index in [0.717, 1.165) is 25.8 Å². The lowest BCUT2D eigenvalue weighted by Gasteiger charge is -2.54. The number of piperidine rings is 1. The van der Waals surface area contributed by atoms with Gasteiger partial charge < -0.3 is 35.5 Å². The van der Waals surface area contributed by atoms with Crippen molar-refractivity contribution < 1.29 is 34.0 Å². The SMILES string of the molecule is CC=C(C)C(=O)O[C@H]1CC2C(CC3OC(CO)CC(=O)C3C2O)O[C@@]1(C)CCC1CCC(N)NC1. The van der Waals surface area contributed by atoms with Crippen molar-refractivity contribution in [1.82, 2.24) is 5.32 Å². The van der Waals surface area contributed by atoms with Crippen LogP contribution < -0.4 is 11.1 Å². The van der Waals surface area contributed by atoms with E-state index in [9.17, 15) is 19.8 Å². The first-order valence-electron chi connectivity index (χ1n) is 13.1. The smallest absolute Gasteiger partial charge is 0.333 e. The van der Waals surface area contributed by atoms with Crippen LogP contribution in [0.4, 0.5) is 0 Å². The van der Waals surface area contributed by atoms with Gasteiger partial charge in [-0.3, -0.25) is 4.79 Å². The zero-order chi connectivity index (χ0) is 25.3. The summed E-state index contributed by atoms with van der Waals surface area (Å²) in [4.78, 5) is 25.5. The lowest BCUT2D eigenvalue weighted by Crippen LogP contribution is -2.64. The minimum Gasteiger partial charge on any atom is -0.456 e. The molecule has 0 aromatic carbocycles. The number of Topliss-reactive ketones (excluding diaryl/α,β-unsaturated/α-hetero) is 1. The second-order valence-electron chi connectivity index (χ2n) is 11.1. The number of nitrogens with one attached hydrogen (secondary N) is 1. The molecule has 4 rings (SSSR count). The molecule has 8 unspecified atom stereocenters. The van der Waals surface area contributed by atoms with Gasteiger partial charge in [0.05, 0.1) is 43.1 Å². The second-order valence-corrected chi connectivity index (χ2v) is 11.1. The maximum absolute atomic E-state index is 12.8. The summed E-state index contributed by atoms with van der Waals surface area (Å²) in [5.74, 6) is -0.978. The van der Waals surface area contributed by atoms with Gasteiger partial charge in [-0.05, 0) is 65.3 Å². The summed E-state index contributed by atoms with van der Waals surface area (Å²) >= 11 is 0. The number of rotatable bonds is 6. The number of fused-ring (bicyclic) bond motifs is 2. The summed E-state index contributed by atoms with van der Waals surface area (Å²) in [6, 6.07) is 0. The Labute approximate surface area is 207 Å². The monoisotopic (exact) mass is 494 g/mol. The molecule has 4 aliphatic rings. The van der Waals surface area contributed by atoms with Crippen LogP contribution in [0.1, 0.15) is 65.7 Å². The largest absolute Gasteiger partial charge is 0.456 e. The Morgan fingerprint density at radius 1 is 1.31 bits per heavy atom. The number of hydrogen-bond donors (Lipinski definition) is 4. The van der Waals surface area contributed by atoms with Crippen molar-refractivity contribution in [3.63, 3.8) is 0 Å². The summed E-state index contributed by atoms with van der Waals surface area (Å²) in [6.07, 6.45) is 3.52. The van der Waals surface area contributed by atoms with Gasteiger partial charge >= 0.3 is 5.97 Å². The molecule has 198 valence electrons. The summed E-state index contributed by atoms with van der Waals surface area (Å²) in [5, 5.41) is 24.1. The molecule has 1 aliphatic carbocycles. The molecule has 4 fully saturated rings. The van der Waals surface area contributed by atoms with Gasteiger partial charge in [0.25, 0.3) is 0 Å². The Kier molecular flexibility index (Phi) is 8.35. The number of carbonyl (C=O) groups excluding carboxylic acids is 2. The predicted octanol–water partition coefficient (Wildman–Crippen LogP) is 1.19. The summed E-state index contributed by atoms with van der Waals surface area (Å²) in [7, 11) is 0. The van der Waals surface area contributed by atoms with Gasteiger partial charge in [-0.25, -0.2) is 4.79 Å². The van der Waals surface area contributed by atoms with Crippen molar-refractivity contribution in [2.45, 2.75) is 108 Å². The van der Waals surface area contributed by atoms with Gasteiger partial charge in [0.2, 0.25) is 0 Å². The average molecular weight is 495 g/mol. The quantitative estimate of drug-likeness (QED) is 0.317. The van der Waals surface area contributed by atoms with Crippen LogP contribution in [-0.2, 0) is 23.8 Å². The minimum absolute atomic E-state index is 0.0451. The van der Waals surface area contributed by atoms with Gasteiger partial charge in [0.15, 0.2) is 0 Å². The number of aliphatic hydroxyl groups is 2. The van der Waals surface area contributed by atoms with Crippen molar-refractivity contribution in [3.05, 3.63) is 11.6 Å². The topological polar surface area (TPSA) is 140 Å². The summed E-state index contributed by atoms with van der Waals surface area (Å²) in [6.45, 7) is 6.14. The lowest BCUT2D eigenvalue weighted by atomic mass is 9.66. The molecule has 0 bridgehead atoms. The standard InChI is InChI=1S/C26H42N2O7/c1-4-14(2)25(32)34-21-10-17-19(11-20-23(24(17)31)18(30)9-16(13-29)33-20)35-26(21,3)8-7-15-5-6-22(27)28-12-15/h4,15-17,19-24,28-29,31H,5-13,27H2,1-3H3/t15?,16?,17?,19?,20?,21-,22?,23?,24?,26-/m0/s1. The molecule has 1 saturated carbocycles. The lowest BCUT2D eigenvalue weighted by molar-refractivity contribution is -0.264. The molecule has 3 heterocycles. The predicted molar refractivity (Wildman–Crippen MR) is 128 cm³/mol. The maximum atomic E-state index is 12.8. The molecule has 3 aliphatic heterocycles. The molecule has 5 N–H and O–H groups in total. The van der Waals surface area contributed by atoms with E-state index in [4.69, 9.17) is 19.9 Å². The third-order valence-electron chi connectivity index (χ3n) is 8.72. The highest BCUT2D eigenvalue weighted by Crippen LogP contribution is 2.48. The fourth-order valence-electron chi connectivity index (χ4n) is 6.31. The van der Waals surface area contributed by atoms with E-state index in [1.54, 1.807) is 19.9 Å². The van der Waals surface area contributed by atoms with E-state index < -0.39 is 35.9 Å². The molecule has 9 heteroatoms. The van der Waals surface area contributed by atoms with Gasteiger partial charge in [-0.2, -0.15) is 0 Å². The highest BCUT2D eigenvalue weighted by Gasteiger charge is 2.57. The third kappa shape index (κ3) is 5.65. The number of ketones is 1. The molecule has 35 heavy (non-hydrogen) atoms. The van der Waals surface area contributed by atoms with Crippen molar-refractivity contribution >= 4 is 11.8 Å². The Balaban J connectivity index is 1.52. The number of carbonyl (C=O) groups is 2. The first kappa shape index (κ1) is 26.7. The second kappa shape index (κ2) is 10.9. The zero-order valence-corrected chi connectivity index (χ0v) is 21.2. The van der Waals surface area contributed by atoms with E-state index in [1.807, 2.05) is 6.92 Å². The van der Waals surface area contributed by atoms with E-state index >= 15 is 0 Å². The van der Waals surface area contributed by atoms with E-state index in [0.29, 0.717) is 30.8 Å². The molecular weight excluding hydrogens is 452 g/mol. The van der Waals surface area contributed by atoms with Crippen molar-refractivity contribution in [2.24, 2.45) is 23.5 Å². The third-order valence-corrected chi connectivity index (χ3v) is 8.72. The van der Waals surface area contributed by atoms with Gasteiger partial charge in [-0.15, -0.1) is 0 Å². The number of aliphatic hydroxyl groups excluding tert-OH is 2. The molecule has 0 spiro atoms. The number of esters is 1. The maximum Gasteiger partial charge on any atom is 0.333 e. The van der Waals surface area contributed by atoms with Gasteiger partial charge in [0, 0.05) is 24.3 Å². The Hall–Kier alpha value is -1.36. The Morgan fingerprint density at radius 2 is 2.09 bits per heavy atom. The molecule has 0 aromatic rings. The highest BCUT2D eigenvalue weighted by molar-refractivity contribution is 5.87.